The van der Waals surface area contributed by atoms with E-state index in [2.05, 4.69) is 20.8 Å². The molecule has 1 rings (SSSR count). The molecule has 1 aromatic carbocycles. The van der Waals surface area contributed by atoms with Gasteiger partial charge in [-0.25, -0.2) is 0 Å². The van der Waals surface area contributed by atoms with Crippen molar-refractivity contribution in [1.82, 2.24) is 4.90 Å². The van der Waals surface area contributed by atoms with Gasteiger partial charge in [-0.1, -0.05) is 22.9 Å². The molecule has 0 heterocycles. The molecule has 0 aliphatic heterocycles. The van der Waals surface area contributed by atoms with Gasteiger partial charge in [0.25, 0.3) is 0 Å². The first kappa shape index (κ1) is 17.8. The number of carboxylic acids is 1. The Bertz CT molecular complexity index is 493. The van der Waals surface area contributed by atoms with Gasteiger partial charge in [0.05, 0.1) is 20.6 Å². The van der Waals surface area contributed by atoms with Crippen LogP contribution in [0.15, 0.2) is 16.6 Å². The minimum absolute atomic E-state index is 0.0347. The van der Waals surface area contributed by atoms with Gasteiger partial charge in [-0.2, -0.15) is 0 Å². The summed E-state index contributed by atoms with van der Waals surface area (Å²) in [6, 6.07) is 3.75. The molecule has 0 spiro atoms. The van der Waals surface area contributed by atoms with Gasteiger partial charge in [-0.15, -0.1) is 0 Å². The van der Waals surface area contributed by atoms with Crippen molar-refractivity contribution in [2.75, 3.05) is 20.8 Å². The summed E-state index contributed by atoms with van der Waals surface area (Å²) in [6.07, 6.45) is 0.124. The topological polar surface area (TPSA) is 59.0 Å². The second kappa shape index (κ2) is 8.24. The lowest BCUT2D eigenvalue weighted by molar-refractivity contribution is -0.138. The SMILES string of the molecule is CCN(Cc1cc(OC)c(OC)cc1Br)C(C)CC(=O)O. The molecule has 118 valence electrons. The molecular formula is C15H22BrNO4. The maximum Gasteiger partial charge on any atom is 0.304 e. The average Bonchev–Trinajstić information content (AvgIpc) is 2.44. The first-order chi connectivity index (χ1) is 9.92. The van der Waals surface area contributed by atoms with Crippen LogP contribution >= 0.6 is 15.9 Å². The van der Waals surface area contributed by atoms with Crippen molar-refractivity contribution < 1.29 is 19.4 Å². The fourth-order valence-corrected chi connectivity index (χ4v) is 2.65. The van der Waals surface area contributed by atoms with E-state index in [4.69, 9.17) is 14.6 Å². The minimum Gasteiger partial charge on any atom is -0.493 e. The number of hydrogen-bond donors (Lipinski definition) is 1. The zero-order valence-corrected chi connectivity index (χ0v) is 14.4. The van der Waals surface area contributed by atoms with Crippen LogP contribution in [0.4, 0.5) is 0 Å². The second-order valence-corrected chi connectivity index (χ2v) is 5.66. The lowest BCUT2D eigenvalue weighted by Crippen LogP contribution is -2.34. The van der Waals surface area contributed by atoms with Gasteiger partial charge in [-0.05, 0) is 31.2 Å². The molecule has 0 amide bonds. The summed E-state index contributed by atoms with van der Waals surface area (Å²) < 4.78 is 11.5. The summed E-state index contributed by atoms with van der Waals surface area (Å²) >= 11 is 3.53. The Hall–Kier alpha value is -1.27. The van der Waals surface area contributed by atoms with Crippen molar-refractivity contribution in [3.63, 3.8) is 0 Å². The van der Waals surface area contributed by atoms with E-state index in [1.807, 2.05) is 26.0 Å². The van der Waals surface area contributed by atoms with E-state index in [0.29, 0.717) is 18.0 Å². The summed E-state index contributed by atoms with van der Waals surface area (Å²) in [5.74, 6) is 0.541. The Morgan fingerprint density at radius 3 is 2.38 bits per heavy atom. The number of rotatable bonds is 8. The predicted molar refractivity (Wildman–Crippen MR) is 85.0 cm³/mol. The molecular weight excluding hydrogens is 338 g/mol. The highest BCUT2D eigenvalue weighted by molar-refractivity contribution is 9.10. The molecule has 0 aromatic heterocycles. The van der Waals surface area contributed by atoms with Gasteiger partial charge < -0.3 is 14.6 Å². The maximum absolute atomic E-state index is 10.9. The van der Waals surface area contributed by atoms with E-state index in [9.17, 15) is 4.79 Å². The molecule has 1 aromatic rings. The summed E-state index contributed by atoms with van der Waals surface area (Å²) in [5.41, 5.74) is 1.03. The summed E-state index contributed by atoms with van der Waals surface area (Å²) in [7, 11) is 3.19. The standard InChI is InChI=1S/C15H22BrNO4/c1-5-17(10(2)6-15(18)19)9-11-7-13(20-3)14(21-4)8-12(11)16/h7-8,10H,5-6,9H2,1-4H3,(H,18,19). The zero-order chi connectivity index (χ0) is 16.0. The monoisotopic (exact) mass is 359 g/mol. The third-order valence-corrected chi connectivity index (χ3v) is 4.16. The molecule has 0 aliphatic carbocycles. The number of carboxylic acid groups (broad SMARTS) is 1. The quantitative estimate of drug-likeness (QED) is 0.772. The number of ether oxygens (including phenoxy) is 2. The predicted octanol–water partition coefficient (Wildman–Crippen LogP) is 3.15. The number of carbonyl (C=O) groups is 1. The Balaban J connectivity index is 2.96. The van der Waals surface area contributed by atoms with Crippen molar-refractivity contribution in [3.05, 3.63) is 22.2 Å². The van der Waals surface area contributed by atoms with Crippen LogP contribution in [0.2, 0.25) is 0 Å². The Labute approximate surface area is 134 Å². The van der Waals surface area contributed by atoms with Crippen LogP contribution in [0.3, 0.4) is 0 Å². The zero-order valence-electron chi connectivity index (χ0n) is 12.9. The van der Waals surface area contributed by atoms with Crippen LogP contribution < -0.4 is 9.47 Å². The van der Waals surface area contributed by atoms with Crippen LogP contribution in [0, 0.1) is 0 Å². The number of halogens is 1. The Kier molecular flexibility index (Phi) is 6.98. The molecule has 0 aliphatic rings. The van der Waals surface area contributed by atoms with E-state index in [0.717, 1.165) is 16.6 Å². The van der Waals surface area contributed by atoms with Crippen LogP contribution in [-0.4, -0.2) is 42.8 Å². The first-order valence-corrected chi connectivity index (χ1v) is 7.58. The van der Waals surface area contributed by atoms with Crippen LogP contribution in [0.25, 0.3) is 0 Å². The summed E-state index contributed by atoms with van der Waals surface area (Å²) in [4.78, 5) is 13.0. The van der Waals surface area contributed by atoms with E-state index in [-0.39, 0.29) is 12.5 Å². The van der Waals surface area contributed by atoms with Gasteiger partial charge in [-0.3, -0.25) is 9.69 Å². The number of hydrogen-bond acceptors (Lipinski definition) is 4. The van der Waals surface area contributed by atoms with Crippen molar-refractivity contribution in [1.29, 1.82) is 0 Å². The number of benzene rings is 1. The molecule has 1 N–H and O–H groups in total. The molecule has 6 heteroatoms. The third-order valence-electron chi connectivity index (χ3n) is 3.43. The largest absolute Gasteiger partial charge is 0.493 e. The molecule has 0 fully saturated rings. The van der Waals surface area contributed by atoms with Crippen molar-refractivity contribution in [2.24, 2.45) is 0 Å². The van der Waals surface area contributed by atoms with E-state index < -0.39 is 5.97 Å². The molecule has 5 nitrogen and oxygen atoms in total. The van der Waals surface area contributed by atoms with Crippen molar-refractivity contribution in [2.45, 2.75) is 32.9 Å². The smallest absolute Gasteiger partial charge is 0.304 e. The second-order valence-electron chi connectivity index (χ2n) is 4.81. The molecule has 1 atom stereocenters. The molecule has 0 saturated heterocycles. The van der Waals surface area contributed by atoms with Gasteiger partial charge in [0.2, 0.25) is 0 Å². The summed E-state index contributed by atoms with van der Waals surface area (Å²) in [6.45, 7) is 5.36. The molecule has 21 heavy (non-hydrogen) atoms. The Morgan fingerprint density at radius 2 is 1.90 bits per heavy atom. The number of aliphatic carboxylic acids is 1. The average molecular weight is 360 g/mol. The molecule has 1 unspecified atom stereocenters. The van der Waals surface area contributed by atoms with Crippen molar-refractivity contribution >= 4 is 21.9 Å². The third kappa shape index (κ3) is 4.89. The highest BCUT2D eigenvalue weighted by Crippen LogP contribution is 2.34. The van der Waals surface area contributed by atoms with Gasteiger partial charge >= 0.3 is 5.97 Å². The fraction of sp³-hybridized carbons (Fsp3) is 0.533. The fourth-order valence-electron chi connectivity index (χ4n) is 2.20. The van der Waals surface area contributed by atoms with Gasteiger partial charge in [0.15, 0.2) is 11.5 Å². The van der Waals surface area contributed by atoms with Crippen LogP contribution in [-0.2, 0) is 11.3 Å². The highest BCUT2D eigenvalue weighted by atomic mass is 79.9. The van der Waals surface area contributed by atoms with Crippen LogP contribution in [0.1, 0.15) is 25.8 Å². The highest BCUT2D eigenvalue weighted by Gasteiger charge is 2.18. The minimum atomic E-state index is -0.785. The summed E-state index contributed by atoms with van der Waals surface area (Å²) in [5, 5.41) is 8.93. The van der Waals surface area contributed by atoms with E-state index in [1.54, 1.807) is 14.2 Å². The van der Waals surface area contributed by atoms with E-state index in [1.165, 1.54) is 0 Å². The molecule has 0 bridgehead atoms. The number of methoxy groups -OCH3 is 2. The Morgan fingerprint density at radius 1 is 1.33 bits per heavy atom. The normalized spacial score (nSPS) is 12.3. The maximum atomic E-state index is 10.9. The van der Waals surface area contributed by atoms with Crippen molar-refractivity contribution in [3.8, 4) is 11.5 Å². The van der Waals surface area contributed by atoms with Crippen LogP contribution in [0.5, 0.6) is 11.5 Å². The molecule has 0 radical (unpaired) electrons. The first-order valence-electron chi connectivity index (χ1n) is 6.79. The number of nitrogens with zero attached hydrogens (tertiary/aromatic N) is 1. The molecule has 0 saturated carbocycles. The van der Waals surface area contributed by atoms with Gasteiger partial charge in [0, 0.05) is 17.1 Å². The van der Waals surface area contributed by atoms with E-state index >= 15 is 0 Å². The van der Waals surface area contributed by atoms with Gasteiger partial charge in [0.1, 0.15) is 0 Å². The lowest BCUT2D eigenvalue weighted by atomic mass is 10.1. The lowest BCUT2D eigenvalue weighted by Gasteiger charge is -2.27.